The first-order valence-corrected chi connectivity index (χ1v) is 12.6. The van der Waals surface area contributed by atoms with Crippen molar-refractivity contribution in [1.29, 1.82) is 0 Å². The van der Waals surface area contributed by atoms with Crippen LogP contribution in [0.4, 0.5) is 0 Å². The van der Waals surface area contributed by atoms with Gasteiger partial charge in [-0.05, 0) is 75.9 Å². The highest BCUT2D eigenvalue weighted by atomic mass is 35.5. The fourth-order valence-corrected chi connectivity index (χ4v) is 4.04. The van der Waals surface area contributed by atoms with Crippen LogP contribution in [0.5, 0.6) is 11.5 Å². The van der Waals surface area contributed by atoms with Gasteiger partial charge in [0.2, 0.25) is 0 Å². The van der Waals surface area contributed by atoms with Crippen molar-refractivity contribution in [2.24, 2.45) is 10.2 Å². The molecule has 2 aromatic carbocycles. The minimum absolute atomic E-state index is 0.314. The number of nitrogens with zero attached hydrogens (tertiary/aromatic N) is 2. The molecule has 0 aromatic heterocycles. The van der Waals surface area contributed by atoms with E-state index in [4.69, 9.17) is 55.9 Å². The summed E-state index contributed by atoms with van der Waals surface area (Å²) in [5, 5.41) is 9.98. The van der Waals surface area contributed by atoms with E-state index in [2.05, 4.69) is 21.1 Å². The lowest BCUT2D eigenvalue weighted by Crippen LogP contribution is -2.35. The number of benzene rings is 2. The molecular weight excluding hydrogens is 550 g/mol. The lowest BCUT2D eigenvalue weighted by Gasteiger charge is -2.18. The third-order valence-electron chi connectivity index (χ3n) is 5.19. The fourth-order valence-electron chi connectivity index (χ4n) is 3.13. The number of hydrazone groups is 2. The highest BCUT2D eigenvalue weighted by molar-refractivity contribution is 6.36. The van der Waals surface area contributed by atoms with Gasteiger partial charge in [-0.2, -0.15) is 10.2 Å². The van der Waals surface area contributed by atoms with Gasteiger partial charge in [-0.1, -0.05) is 46.4 Å². The van der Waals surface area contributed by atoms with E-state index in [0.29, 0.717) is 57.3 Å². The van der Waals surface area contributed by atoms with E-state index < -0.39 is 24.0 Å². The van der Waals surface area contributed by atoms with Gasteiger partial charge >= 0.3 is 0 Å². The van der Waals surface area contributed by atoms with E-state index >= 15 is 0 Å². The first-order valence-electron chi connectivity index (χ1n) is 11.1. The molecule has 1 saturated carbocycles. The van der Waals surface area contributed by atoms with E-state index in [-0.39, 0.29) is 0 Å². The first-order chi connectivity index (χ1) is 17.1. The molecule has 192 valence electrons. The topological polar surface area (TPSA) is 101 Å². The molecule has 0 heterocycles. The van der Waals surface area contributed by atoms with E-state index in [1.54, 1.807) is 38.1 Å². The molecule has 1 aliphatic rings. The summed E-state index contributed by atoms with van der Waals surface area (Å²) >= 11 is 23.9. The zero-order valence-corrected chi connectivity index (χ0v) is 22.5. The maximum absolute atomic E-state index is 12.3. The molecular formula is C24H24Cl4N4O4. The van der Waals surface area contributed by atoms with Crippen LogP contribution in [-0.4, -0.2) is 35.4 Å². The highest BCUT2D eigenvalue weighted by Gasteiger charge is 2.19. The number of carbonyl (C=O) groups excluding carboxylic acids is 2. The van der Waals surface area contributed by atoms with E-state index in [0.717, 1.165) is 11.4 Å². The lowest BCUT2D eigenvalue weighted by molar-refractivity contribution is -0.127. The monoisotopic (exact) mass is 572 g/mol. The SMILES string of the molecule is C[C@H](Oc1ccc(Cl)cc1Cl)C(=O)NN=C1CCC(=NNC(=O)[C@H](C)Oc2ccc(Cl)cc2Cl)CC1. The molecule has 0 spiro atoms. The molecule has 0 saturated heterocycles. The molecule has 2 aromatic rings. The molecule has 12 heteroatoms. The smallest absolute Gasteiger partial charge is 0.280 e. The molecule has 2 atom stereocenters. The van der Waals surface area contributed by atoms with Crippen LogP contribution in [0.1, 0.15) is 39.5 Å². The van der Waals surface area contributed by atoms with E-state index in [9.17, 15) is 9.59 Å². The van der Waals surface area contributed by atoms with E-state index in [1.165, 1.54) is 12.1 Å². The minimum Gasteiger partial charge on any atom is -0.479 e. The maximum atomic E-state index is 12.3. The molecule has 0 bridgehead atoms. The summed E-state index contributed by atoms with van der Waals surface area (Å²) < 4.78 is 11.2. The van der Waals surface area contributed by atoms with Crippen LogP contribution < -0.4 is 20.3 Å². The van der Waals surface area contributed by atoms with Crippen LogP contribution >= 0.6 is 46.4 Å². The lowest BCUT2D eigenvalue weighted by atomic mass is 9.97. The average molecular weight is 574 g/mol. The Bertz CT molecular complexity index is 1090. The molecule has 2 amide bonds. The Morgan fingerprint density at radius 1 is 0.722 bits per heavy atom. The highest BCUT2D eigenvalue weighted by Crippen LogP contribution is 2.29. The van der Waals surface area contributed by atoms with E-state index in [1.807, 2.05) is 0 Å². The molecule has 36 heavy (non-hydrogen) atoms. The Kier molecular flexibility index (Phi) is 10.2. The zero-order chi connectivity index (χ0) is 26.2. The number of hydrogen-bond donors (Lipinski definition) is 2. The molecule has 3 rings (SSSR count). The second kappa shape index (κ2) is 13.1. The molecule has 0 unspecified atom stereocenters. The summed E-state index contributed by atoms with van der Waals surface area (Å²) in [7, 11) is 0. The number of nitrogens with one attached hydrogen (secondary N) is 2. The van der Waals surface area contributed by atoms with Crippen molar-refractivity contribution < 1.29 is 19.1 Å². The second-order valence-corrected chi connectivity index (χ2v) is 9.67. The number of carbonyl (C=O) groups is 2. The number of halogens is 4. The summed E-state index contributed by atoms with van der Waals surface area (Å²) in [6.07, 6.45) is 0.769. The summed E-state index contributed by atoms with van der Waals surface area (Å²) in [4.78, 5) is 24.7. The van der Waals surface area contributed by atoms with Crippen LogP contribution in [0.15, 0.2) is 46.6 Å². The number of ether oxygens (including phenoxy) is 2. The van der Waals surface area contributed by atoms with Crippen LogP contribution in [0.3, 0.4) is 0 Å². The van der Waals surface area contributed by atoms with Crippen LogP contribution in [0.25, 0.3) is 0 Å². The maximum Gasteiger partial charge on any atom is 0.280 e. The summed E-state index contributed by atoms with van der Waals surface area (Å²) in [6.45, 7) is 3.20. The largest absolute Gasteiger partial charge is 0.479 e. The molecule has 8 nitrogen and oxygen atoms in total. The van der Waals surface area contributed by atoms with Gasteiger partial charge in [-0.25, -0.2) is 10.9 Å². The molecule has 0 radical (unpaired) electrons. The standard InChI is InChI=1S/C24H24Cl4N4O4/c1-13(35-21-9-3-15(25)11-19(21)27)23(33)31-29-17-5-7-18(8-6-17)30-32-24(34)14(2)36-22-10-4-16(26)12-20(22)28/h3-4,9-14H,5-8H2,1-2H3,(H,31,33)(H,32,34)/t13-,14-/m0/s1. The Balaban J connectivity index is 1.43. The van der Waals surface area contributed by atoms with Crippen molar-refractivity contribution in [2.75, 3.05) is 0 Å². The van der Waals surface area contributed by atoms with Gasteiger partial charge < -0.3 is 9.47 Å². The van der Waals surface area contributed by atoms with Gasteiger partial charge in [-0.3, -0.25) is 9.59 Å². The molecule has 0 aliphatic heterocycles. The fraction of sp³-hybridized carbons (Fsp3) is 0.333. The van der Waals surface area contributed by atoms with Crippen molar-refractivity contribution >= 4 is 69.6 Å². The quantitative estimate of drug-likeness (QED) is 0.375. The van der Waals surface area contributed by atoms with Crippen molar-refractivity contribution in [2.45, 2.75) is 51.7 Å². The first kappa shape index (κ1) is 28.1. The normalized spacial score (nSPS) is 14.9. The van der Waals surface area contributed by atoms with Gasteiger partial charge in [0.15, 0.2) is 12.2 Å². The Labute approximate surface area is 228 Å². The van der Waals surface area contributed by atoms with Gasteiger partial charge in [0.1, 0.15) is 11.5 Å². The van der Waals surface area contributed by atoms with Gasteiger partial charge in [0.05, 0.1) is 10.0 Å². The van der Waals surface area contributed by atoms with Gasteiger partial charge in [-0.15, -0.1) is 0 Å². The summed E-state index contributed by atoms with van der Waals surface area (Å²) in [5.74, 6) is -0.106. The van der Waals surface area contributed by atoms with Crippen LogP contribution in [0, 0.1) is 0 Å². The minimum atomic E-state index is -0.809. The van der Waals surface area contributed by atoms with Crippen molar-refractivity contribution in [1.82, 2.24) is 10.9 Å². The molecule has 2 N–H and O–H groups in total. The summed E-state index contributed by atoms with van der Waals surface area (Å²) in [5.41, 5.74) is 6.69. The Morgan fingerprint density at radius 3 is 1.42 bits per heavy atom. The number of amides is 2. The van der Waals surface area contributed by atoms with Gasteiger partial charge in [0, 0.05) is 21.5 Å². The summed E-state index contributed by atoms with van der Waals surface area (Å²) in [6, 6.07) is 9.52. The third kappa shape index (κ3) is 8.27. The molecule has 1 fully saturated rings. The zero-order valence-electron chi connectivity index (χ0n) is 19.5. The second-order valence-electron chi connectivity index (χ2n) is 7.98. The predicted octanol–water partition coefficient (Wildman–Crippen LogP) is 6.05. The van der Waals surface area contributed by atoms with Crippen molar-refractivity contribution in [3.63, 3.8) is 0 Å². The van der Waals surface area contributed by atoms with Crippen molar-refractivity contribution in [3.05, 3.63) is 56.5 Å². The Hall–Kier alpha value is -2.52. The van der Waals surface area contributed by atoms with Crippen LogP contribution in [0.2, 0.25) is 20.1 Å². The van der Waals surface area contributed by atoms with Gasteiger partial charge in [0.25, 0.3) is 11.8 Å². The molecule has 1 aliphatic carbocycles. The van der Waals surface area contributed by atoms with Crippen molar-refractivity contribution in [3.8, 4) is 11.5 Å². The number of rotatable bonds is 8. The average Bonchev–Trinajstić information content (AvgIpc) is 2.84. The Morgan fingerprint density at radius 2 is 1.08 bits per heavy atom. The third-order valence-corrected chi connectivity index (χ3v) is 6.25. The van der Waals surface area contributed by atoms with Crippen LogP contribution in [-0.2, 0) is 9.59 Å². The predicted molar refractivity (Wildman–Crippen MR) is 143 cm³/mol. The number of hydrogen-bond acceptors (Lipinski definition) is 6.